The van der Waals surface area contributed by atoms with Crippen LogP contribution in [0.15, 0.2) is 18.2 Å². The Kier molecular flexibility index (Phi) is 5.36. The first-order valence-corrected chi connectivity index (χ1v) is 7.72. The van der Waals surface area contributed by atoms with Crippen molar-refractivity contribution in [2.24, 2.45) is 5.92 Å². The Labute approximate surface area is 134 Å². The van der Waals surface area contributed by atoms with Gasteiger partial charge in [-0.25, -0.2) is 0 Å². The van der Waals surface area contributed by atoms with Gasteiger partial charge in [0.05, 0.1) is 11.1 Å². The van der Waals surface area contributed by atoms with Crippen molar-refractivity contribution in [1.29, 1.82) is 0 Å². The Balaban J connectivity index is 1.99. The number of amides is 1. The third kappa shape index (κ3) is 4.02. The number of β-amino-alcohol motifs (C(OH)–C–C–N with tert-alkyl or cyclic N) is 1. The van der Waals surface area contributed by atoms with Crippen LogP contribution in [0.4, 0.5) is 0 Å². The fraction of sp³-hybridized carbons (Fsp3) is 0.533. The maximum absolute atomic E-state index is 12.4. The molecular formula is C15H19Cl2NO3. The van der Waals surface area contributed by atoms with E-state index in [2.05, 4.69) is 0 Å². The van der Waals surface area contributed by atoms with Gasteiger partial charge in [0, 0.05) is 18.1 Å². The number of halogens is 2. The monoisotopic (exact) mass is 331 g/mol. The zero-order valence-corrected chi connectivity index (χ0v) is 13.6. The normalized spacial score (nSPS) is 23.8. The molecule has 1 N–H and O–H groups in total. The highest BCUT2D eigenvalue weighted by Crippen LogP contribution is 2.28. The zero-order valence-electron chi connectivity index (χ0n) is 12.1. The first-order valence-electron chi connectivity index (χ1n) is 6.97. The van der Waals surface area contributed by atoms with Gasteiger partial charge in [-0.15, -0.1) is 0 Å². The number of rotatable bonds is 3. The molecule has 1 saturated heterocycles. The number of likely N-dealkylation sites (tertiary alicyclic amines) is 1. The number of aliphatic hydroxyl groups is 1. The van der Waals surface area contributed by atoms with Crippen LogP contribution in [0.2, 0.25) is 10.0 Å². The molecule has 1 aliphatic rings. The van der Waals surface area contributed by atoms with Crippen molar-refractivity contribution in [3.05, 3.63) is 28.2 Å². The maximum atomic E-state index is 12.4. The molecule has 0 spiro atoms. The van der Waals surface area contributed by atoms with Crippen molar-refractivity contribution in [2.45, 2.75) is 32.5 Å². The highest BCUT2D eigenvalue weighted by Gasteiger charge is 2.30. The Bertz CT molecular complexity index is 524. The molecule has 21 heavy (non-hydrogen) atoms. The topological polar surface area (TPSA) is 49.8 Å². The third-order valence-corrected chi connectivity index (χ3v) is 4.31. The highest BCUT2D eigenvalue weighted by molar-refractivity contribution is 6.35. The Morgan fingerprint density at radius 3 is 2.81 bits per heavy atom. The van der Waals surface area contributed by atoms with Crippen LogP contribution in [0.5, 0.6) is 5.75 Å². The minimum absolute atomic E-state index is 0.146. The van der Waals surface area contributed by atoms with Crippen LogP contribution in [0.3, 0.4) is 0 Å². The molecule has 4 nitrogen and oxygen atoms in total. The van der Waals surface area contributed by atoms with Crippen molar-refractivity contribution >= 4 is 29.1 Å². The summed E-state index contributed by atoms with van der Waals surface area (Å²) in [6.07, 6.45) is -0.347. The van der Waals surface area contributed by atoms with Crippen molar-refractivity contribution in [3.8, 4) is 5.75 Å². The van der Waals surface area contributed by atoms with Gasteiger partial charge >= 0.3 is 0 Å². The summed E-state index contributed by atoms with van der Waals surface area (Å²) in [5, 5.41) is 10.8. The van der Waals surface area contributed by atoms with Crippen molar-refractivity contribution in [3.63, 3.8) is 0 Å². The summed E-state index contributed by atoms with van der Waals surface area (Å²) >= 11 is 11.9. The van der Waals surface area contributed by atoms with E-state index in [1.165, 1.54) is 0 Å². The van der Waals surface area contributed by atoms with Gasteiger partial charge in [0.15, 0.2) is 6.10 Å². The first kappa shape index (κ1) is 16.4. The van der Waals surface area contributed by atoms with Gasteiger partial charge in [-0.05, 0) is 37.5 Å². The average molecular weight is 332 g/mol. The molecular weight excluding hydrogens is 313 g/mol. The average Bonchev–Trinajstić information content (AvgIpc) is 2.44. The van der Waals surface area contributed by atoms with Crippen LogP contribution in [-0.4, -0.2) is 41.2 Å². The lowest BCUT2D eigenvalue weighted by molar-refractivity contribution is -0.142. The van der Waals surface area contributed by atoms with Crippen molar-refractivity contribution in [1.82, 2.24) is 4.90 Å². The van der Waals surface area contributed by atoms with E-state index in [4.69, 9.17) is 27.9 Å². The number of hydrogen-bond donors (Lipinski definition) is 1. The van der Waals surface area contributed by atoms with Crippen LogP contribution >= 0.6 is 23.2 Å². The van der Waals surface area contributed by atoms with Crippen LogP contribution in [0, 0.1) is 5.92 Å². The predicted molar refractivity (Wildman–Crippen MR) is 82.9 cm³/mol. The largest absolute Gasteiger partial charge is 0.479 e. The first-order chi connectivity index (χ1) is 9.88. The van der Waals surface area contributed by atoms with Gasteiger partial charge < -0.3 is 14.7 Å². The van der Waals surface area contributed by atoms with E-state index in [1.54, 1.807) is 30.0 Å². The molecule has 0 saturated carbocycles. The smallest absolute Gasteiger partial charge is 0.263 e. The van der Waals surface area contributed by atoms with Gasteiger partial charge in [-0.2, -0.15) is 0 Å². The fourth-order valence-electron chi connectivity index (χ4n) is 2.32. The predicted octanol–water partition coefficient (Wildman–Crippen LogP) is 2.99. The van der Waals surface area contributed by atoms with Crippen molar-refractivity contribution < 1.29 is 14.6 Å². The summed E-state index contributed by atoms with van der Waals surface area (Å²) in [4.78, 5) is 14.0. The Morgan fingerprint density at radius 1 is 1.48 bits per heavy atom. The number of aliphatic hydroxyl groups excluding tert-OH is 1. The lowest BCUT2D eigenvalue weighted by Crippen LogP contribution is -2.49. The minimum Gasteiger partial charge on any atom is -0.479 e. The van der Waals surface area contributed by atoms with Gasteiger partial charge in [-0.3, -0.25) is 4.79 Å². The number of ether oxygens (including phenoxy) is 1. The molecule has 1 fully saturated rings. The van der Waals surface area contributed by atoms with Crippen LogP contribution in [-0.2, 0) is 4.79 Å². The second kappa shape index (κ2) is 6.86. The summed E-state index contributed by atoms with van der Waals surface area (Å²) in [6, 6.07) is 4.87. The molecule has 1 aromatic carbocycles. The molecule has 0 bridgehead atoms. The van der Waals surface area contributed by atoms with E-state index >= 15 is 0 Å². The summed E-state index contributed by atoms with van der Waals surface area (Å²) in [5.74, 6) is 0.496. The van der Waals surface area contributed by atoms with Gasteiger partial charge in [-0.1, -0.05) is 30.1 Å². The quantitative estimate of drug-likeness (QED) is 0.926. The van der Waals surface area contributed by atoms with E-state index in [-0.39, 0.29) is 11.8 Å². The van der Waals surface area contributed by atoms with E-state index in [1.807, 2.05) is 6.92 Å². The number of carbonyl (C=O) groups is 1. The van der Waals surface area contributed by atoms with E-state index in [0.717, 1.165) is 6.42 Å². The summed E-state index contributed by atoms with van der Waals surface area (Å²) in [7, 11) is 0. The second-order valence-corrected chi connectivity index (χ2v) is 6.30. The second-order valence-electron chi connectivity index (χ2n) is 5.45. The van der Waals surface area contributed by atoms with E-state index < -0.39 is 12.2 Å². The molecule has 1 heterocycles. The number of piperidine rings is 1. The van der Waals surface area contributed by atoms with Gasteiger partial charge in [0.2, 0.25) is 0 Å². The molecule has 0 aliphatic carbocycles. The molecule has 0 radical (unpaired) electrons. The van der Waals surface area contributed by atoms with E-state index in [0.29, 0.717) is 28.9 Å². The fourth-order valence-corrected chi connectivity index (χ4v) is 2.77. The van der Waals surface area contributed by atoms with E-state index in [9.17, 15) is 9.90 Å². The highest BCUT2D eigenvalue weighted by atomic mass is 35.5. The molecule has 3 unspecified atom stereocenters. The standard InChI is InChI=1S/C15H19Cl2NO3/c1-9-5-6-18(8-13(9)19)15(20)10(2)21-14-4-3-11(16)7-12(14)17/h3-4,7,9-10,13,19H,5-6,8H2,1-2H3. The van der Waals surface area contributed by atoms with Crippen LogP contribution in [0.25, 0.3) is 0 Å². The molecule has 6 heteroatoms. The summed E-state index contributed by atoms with van der Waals surface area (Å²) < 4.78 is 5.61. The molecule has 116 valence electrons. The third-order valence-electron chi connectivity index (χ3n) is 3.78. The van der Waals surface area contributed by atoms with Gasteiger partial charge in [0.1, 0.15) is 5.75 Å². The maximum Gasteiger partial charge on any atom is 0.263 e. The molecule has 2 rings (SSSR count). The number of hydrogen-bond acceptors (Lipinski definition) is 3. The lowest BCUT2D eigenvalue weighted by atomic mass is 9.96. The SMILES string of the molecule is CC(Oc1ccc(Cl)cc1Cl)C(=O)N1CCC(C)C(O)C1. The van der Waals surface area contributed by atoms with Crippen molar-refractivity contribution in [2.75, 3.05) is 13.1 Å². The Hall–Kier alpha value is -0.970. The molecule has 1 amide bonds. The number of nitrogens with zero attached hydrogens (tertiary/aromatic N) is 1. The lowest BCUT2D eigenvalue weighted by Gasteiger charge is -2.35. The zero-order chi connectivity index (χ0) is 15.6. The number of carbonyl (C=O) groups excluding carboxylic acids is 1. The number of benzene rings is 1. The summed E-state index contributed by atoms with van der Waals surface area (Å²) in [6.45, 7) is 4.65. The minimum atomic E-state index is -0.663. The Morgan fingerprint density at radius 2 is 2.19 bits per heavy atom. The van der Waals surface area contributed by atoms with Crippen LogP contribution < -0.4 is 4.74 Å². The summed E-state index contributed by atoms with van der Waals surface area (Å²) in [5.41, 5.74) is 0. The molecule has 1 aromatic rings. The molecule has 0 aromatic heterocycles. The van der Waals surface area contributed by atoms with Gasteiger partial charge in [0.25, 0.3) is 5.91 Å². The van der Waals surface area contributed by atoms with Crippen LogP contribution in [0.1, 0.15) is 20.3 Å². The molecule has 1 aliphatic heterocycles. The molecule has 3 atom stereocenters.